The molecule has 1 aliphatic carbocycles. The Kier molecular flexibility index (Phi) is 5.01. The van der Waals surface area contributed by atoms with Crippen molar-refractivity contribution in [1.29, 1.82) is 0 Å². The number of carbonyl (C=O) groups is 1. The van der Waals surface area contributed by atoms with E-state index in [0.717, 1.165) is 32.0 Å². The molecule has 18 heavy (non-hydrogen) atoms. The highest BCUT2D eigenvalue weighted by molar-refractivity contribution is 5.67. The molecule has 0 radical (unpaired) electrons. The molecule has 4 nitrogen and oxygen atoms in total. The molecule has 0 aromatic carbocycles. The fourth-order valence-corrected chi connectivity index (χ4v) is 3.53. The highest BCUT2D eigenvalue weighted by Crippen LogP contribution is 2.25. The van der Waals surface area contributed by atoms with Gasteiger partial charge < -0.3 is 15.3 Å². The summed E-state index contributed by atoms with van der Waals surface area (Å²) < 4.78 is 0. The zero-order chi connectivity index (χ0) is 13.0. The highest BCUT2D eigenvalue weighted by atomic mass is 16.4. The van der Waals surface area contributed by atoms with E-state index in [1.165, 1.54) is 25.7 Å². The van der Waals surface area contributed by atoms with E-state index >= 15 is 0 Å². The summed E-state index contributed by atoms with van der Waals surface area (Å²) >= 11 is 0. The maximum Gasteiger partial charge on any atom is 0.303 e. The molecule has 0 aromatic heterocycles. The number of hydrogen-bond acceptors (Lipinski definition) is 3. The van der Waals surface area contributed by atoms with Crippen molar-refractivity contribution in [1.82, 2.24) is 10.2 Å². The molecule has 1 saturated carbocycles. The first-order chi connectivity index (χ1) is 8.63. The van der Waals surface area contributed by atoms with Crippen molar-refractivity contribution in [2.24, 2.45) is 11.8 Å². The zero-order valence-electron chi connectivity index (χ0n) is 11.4. The number of nitrogens with one attached hydrogen (secondary N) is 1. The Morgan fingerprint density at radius 1 is 1.28 bits per heavy atom. The Bertz CT molecular complexity index is 277. The summed E-state index contributed by atoms with van der Waals surface area (Å²) in [7, 11) is 2.10. The minimum atomic E-state index is -0.662. The van der Waals surface area contributed by atoms with Gasteiger partial charge in [0.1, 0.15) is 0 Å². The zero-order valence-corrected chi connectivity index (χ0v) is 11.4. The van der Waals surface area contributed by atoms with E-state index in [2.05, 4.69) is 17.3 Å². The monoisotopic (exact) mass is 254 g/mol. The molecular formula is C14H26N2O2. The van der Waals surface area contributed by atoms with Crippen molar-refractivity contribution in [3.63, 3.8) is 0 Å². The average Bonchev–Trinajstić information content (AvgIpc) is 2.77. The third kappa shape index (κ3) is 4.25. The van der Waals surface area contributed by atoms with Gasteiger partial charge in [-0.2, -0.15) is 0 Å². The molecule has 2 aliphatic rings. The second kappa shape index (κ2) is 6.53. The third-order valence-electron chi connectivity index (χ3n) is 4.35. The lowest BCUT2D eigenvalue weighted by Crippen LogP contribution is -2.49. The predicted octanol–water partition coefficient (Wildman–Crippen LogP) is 1.56. The van der Waals surface area contributed by atoms with E-state index in [4.69, 9.17) is 5.11 Å². The van der Waals surface area contributed by atoms with Crippen LogP contribution >= 0.6 is 0 Å². The van der Waals surface area contributed by atoms with Gasteiger partial charge in [0.15, 0.2) is 0 Å². The van der Waals surface area contributed by atoms with Crippen LogP contribution in [0.3, 0.4) is 0 Å². The topological polar surface area (TPSA) is 52.6 Å². The van der Waals surface area contributed by atoms with Gasteiger partial charge in [0.2, 0.25) is 0 Å². The summed E-state index contributed by atoms with van der Waals surface area (Å²) in [6.07, 6.45) is 6.84. The standard InChI is InChI=1S/C14H26N2O2/c1-16-9-12(7-14(17)18)6-13(10-16)15-8-11-4-2-3-5-11/h11-13,15H,2-10H2,1H3,(H,17,18). The summed E-state index contributed by atoms with van der Waals surface area (Å²) in [5, 5.41) is 12.6. The maximum atomic E-state index is 10.8. The van der Waals surface area contributed by atoms with E-state index in [9.17, 15) is 4.79 Å². The first-order valence-electron chi connectivity index (χ1n) is 7.27. The molecule has 4 heteroatoms. The molecule has 2 fully saturated rings. The lowest BCUT2D eigenvalue weighted by atomic mass is 9.91. The van der Waals surface area contributed by atoms with Gasteiger partial charge in [-0.15, -0.1) is 0 Å². The van der Waals surface area contributed by atoms with Crippen LogP contribution < -0.4 is 5.32 Å². The molecule has 1 heterocycles. The van der Waals surface area contributed by atoms with Crippen LogP contribution in [0.2, 0.25) is 0 Å². The Hall–Kier alpha value is -0.610. The van der Waals surface area contributed by atoms with Crippen molar-refractivity contribution in [3.05, 3.63) is 0 Å². The van der Waals surface area contributed by atoms with Gasteiger partial charge in [-0.1, -0.05) is 12.8 Å². The molecule has 2 unspecified atom stereocenters. The molecule has 0 aromatic rings. The third-order valence-corrected chi connectivity index (χ3v) is 4.35. The number of carboxylic acid groups (broad SMARTS) is 1. The molecule has 0 spiro atoms. The van der Waals surface area contributed by atoms with Crippen LogP contribution in [0.25, 0.3) is 0 Å². The number of hydrogen-bond donors (Lipinski definition) is 2. The number of rotatable bonds is 5. The molecule has 1 saturated heterocycles. The van der Waals surface area contributed by atoms with E-state index in [1.54, 1.807) is 0 Å². The number of piperidine rings is 1. The summed E-state index contributed by atoms with van der Waals surface area (Å²) in [5.74, 6) is 0.502. The number of aliphatic carboxylic acids is 1. The van der Waals surface area contributed by atoms with E-state index in [0.29, 0.717) is 18.4 Å². The number of nitrogens with zero attached hydrogens (tertiary/aromatic N) is 1. The highest BCUT2D eigenvalue weighted by Gasteiger charge is 2.27. The number of likely N-dealkylation sites (N-methyl/N-ethyl adjacent to an activating group) is 1. The van der Waals surface area contributed by atoms with Gasteiger partial charge in [-0.25, -0.2) is 0 Å². The Morgan fingerprint density at radius 2 is 2.00 bits per heavy atom. The van der Waals surface area contributed by atoms with Crippen molar-refractivity contribution < 1.29 is 9.90 Å². The SMILES string of the molecule is CN1CC(CC(=O)O)CC(NCC2CCCC2)C1. The van der Waals surface area contributed by atoms with Crippen LogP contribution in [-0.2, 0) is 4.79 Å². The largest absolute Gasteiger partial charge is 0.481 e. The molecule has 0 bridgehead atoms. The van der Waals surface area contributed by atoms with Gasteiger partial charge in [0.05, 0.1) is 0 Å². The molecule has 104 valence electrons. The van der Waals surface area contributed by atoms with Crippen molar-refractivity contribution in [2.75, 3.05) is 26.7 Å². The normalized spacial score (nSPS) is 30.7. The molecule has 1 aliphatic heterocycles. The Balaban J connectivity index is 1.74. The first kappa shape index (κ1) is 13.8. The van der Waals surface area contributed by atoms with Crippen LogP contribution in [0.15, 0.2) is 0 Å². The molecule has 2 rings (SSSR count). The number of carboxylic acids is 1. The maximum absolute atomic E-state index is 10.8. The average molecular weight is 254 g/mol. The van der Waals surface area contributed by atoms with E-state index in [-0.39, 0.29) is 0 Å². The predicted molar refractivity (Wildman–Crippen MR) is 71.6 cm³/mol. The van der Waals surface area contributed by atoms with Crippen LogP contribution in [0.5, 0.6) is 0 Å². The van der Waals surface area contributed by atoms with E-state index in [1.807, 2.05) is 0 Å². The quantitative estimate of drug-likeness (QED) is 0.782. The van der Waals surface area contributed by atoms with Crippen molar-refractivity contribution in [2.45, 2.75) is 44.6 Å². The Morgan fingerprint density at radius 3 is 2.67 bits per heavy atom. The summed E-state index contributed by atoms with van der Waals surface area (Å²) in [6.45, 7) is 3.11. The first-order valence-corrected chi connectivity index (χ1v) is 7.27. The number of likely N-dealkylation sites (tertiary alicyclic amines) is 1. The molecule has 2 N–H and O–H groups in total. The summed E-state index contributed by atoms with van der Waals surface area (Å²) in [5.41, 5.74) is 0. The second-order valence-corrected chi connectivity index (χ2v) is 6.18. The van der Waals surface area contributed by atoms with Crippen LogP contribution in [0.4, 0.5) is 0 Å². The lowest BCUT2D eigenvalue weighted by molar-refractivity contribution is -0.138. The fraction of sp³-hybridized carbons (Fsp3) is 0.929. The molecular weight excluding hydrogens is 228 g/mol. The molecule has 2 atom stereocenters. The Labute approximate surface area is 110 Å². The van der Waals surface area contributed by atoms with Crippen LogP contribution in [0, 0.1) is 11.8 Å². The van der Waals surface area contributed by atoms with Gasteiger partial charge in [0, 0.05) is 25.6 Å². The van der Waals surface area contributed by atoms with Gasteiger partial charge in [-0.3, -0.25) is 4.79 Å². The minimum Gasteiger partial charge on any atom is -0.481 e. The van der Waals surface area contributed by atoms with Crippen LogP contribution in [-0.4, -0.2) is 48.7 Å². The lowest BCUT2D eigenvalue weighted by Gasteiger charge is -2.36. The summed E-state index contributed by atoms with van der Waals surface area (Å²) in [6, 6.07) is 0.480. The molecule has 0 amide bonds. The van der Waals surface area contributed by atoms with Crippen LogP contribution in [0.1, 0.15) is 38.5 Å². The smallest absolute Gasteiger partial charge is 0.303 e. The van der Waals surface area contributed by atoms with Crippen molar-refractivity contribution >= 4 is 5.97 Å². The van der Waals surface area contributed by atoms with E-state index < -0.39 is 5.97 Å². The van der Waals surface area contributed by atoms with Gasteiger partial charge in [0.25, 0.3) is 0 Å². The van der Waals surface area contributed by atoms with Gasteiger partial charge >= 0.3 is 5.97 Å². The van der Waals surface area contributed by atoms with Crippen molar-refractivity contribution in [3.8, 4) is 0 Å². The fourth-order valence-electron chi connectivity index (χ4n) is 3.53. The minimum absolute atomic E-state index is 0.308. The van der Waals surface area contributed by atoms with Gasteiger partial charge in [-0.05, 0) is 44.7 Å². The summed E-state index contributed by atoms with van der Waals surface area (Å²) in [4.78, 5) is 13.1. The second-order valence-electron chi connectivity index (χ2n) is 6.18.